The van der Waals surface area contributed by atoms with Gasteiger partial charge in [-0.25, -0.2) is 0 Å². The van der Waals surface area contributed by atoms with Crippen LogP contribution in [0.15, 0.2) is 34.4 Å². The average molecular weight is 319 g/mol. The second-order valence-corrected chi connectivity index (χ2v) is 5.24. The molecule has 1 aromatic carbocycles. The van der Waals surface area contributed by atoms with E-state index in [2.05, 4.69) is 20.9 Å². The molecule has 1 heterocycles. The summed E-state index contributed by atoms with van der Waals surface area (Å²) in [6, 6.07) is 5.80. The first-order chi connectivity index (χ1) is 7.79. The molecule has 2 rings (SSSR count). The van der Waals surface area contributed by atoms with Crippen LogP contribution in [-0.4, -0.2) is 4.98 Å². The monoisotopic (exact) mass is 317 g/mol. The van der Waals surface area contributed by atoms with Gasteiger partial charge in [0.25, 0.3) is 0 Å². The number of thiazole rings is 1. The van der Waals surface area contributed by atoms with Crippen molar-refractivity contribution in [2.75, 3.05) is 0 Å². The van der Waals surface area contributed by atoms with E-state index in [9.17, 15) is 0 Å². The maximum absolute atomic E-state index is 5.81. The number of halogens is 2. The van der Waals surface area contributed by atoms with Crippen molar-refractivity contribution >= 4 is 38.9 Å². The summed E-state index contributed by atoms with van der Waals surface area (Å²) >= 11 is 10.8. The minimum atomic E-state index is 0.471. The third-order valence-corrected chi connectivity index (χ3v) is 3.84. The molecule has 0 unspecified atom stereocenters. The summed E-state index contributed by atoms with van der Waals surface area (Å²) in [6.07, 6.45) is 1.81. The molecular formula is C11H9BrClNOS. The Morgan fingerprint density at radius 3 is 3.00 bits per heavy atom. The number of alkyl halides is 1. The van der Waals surface area contributed by atoms with Crippen molar-refractivity contribution in [1.29, 1.82) is 0 Å². The standard InChI is InChI=1S/C11H9BrClNOS/c12-11-2-1-9(3-8(11)4-13)15-6-10-5-14-7-16-10/h1-3,5,7H,4,6H2. The van der Waals surface area contributed by atoms with Gasteiger partial charge >= 0.3 is 0 Å². The highest BCUT2D eigenvalue weighted by molar-refractivity contribution is 9.10. The molecule has 0 radical (unpaired) electrons. The van der Waals surface area contributed by atoms with Gasteiger partial charge in [0, 0.05) is 16.5 Å². The Morgan fingerprint density at radius 2 is 2.31 bits per heavy atom. The molecule has 0 spiro atoms. The molecule has 2 aromatic rings. The number of rotatable bonds is 4. The lowest BCUT2D eigenvalue weighted by atomic mass is 10.2. The van der Waals surface area contributed by atoms with Crippen LogP contribution >= 0.6 is 38.9 Å². The van der Waals surface area contributed by atoms with Crippen LogP contribution in [0.5, 0.6) is 5.75 Å². The lowest BCUT2D eigenvalue weighted by Gasteiger charge is -2.07. The lowest BCUT2D eigenvalue weighted by molar-refractivity contribution is 0.309. The summed E-state index contributed by atoms with van der Waals surface area (Å²) in [6.45, 7) is 0.550. The molecule has 0 amide bonds. The van der Waals surface area contributed by atoms with Crippen molar-refractivity contribution < 1.29 is 4.74 Å². The predicted octanol–water partition coefficient (Wildman–Crippen LogP) is 4.22. The first-order valence-electron chi connectivity index (χ1n) is 4.64. The van der Waals surface area contributed by atoms with Gasteiger partial charge in [0.2, 0.25) is 0 Å². The van der Waals surface area contributed by atoms with Crippen molar-refractivity contribution in [3.8, 4) is 5.75 Å². The average Bonchev–Trinajstić information content (AvgIpc) is 2.81. The fourth-order valence-corrected chi connectivity index (χ4v) is 2.49. The number of ether oxygens (including phenoxy) is 1. The highest BCUT2D eigenvalue weighted by atomic mass is 79.9. The van der Waals surface area contributed by atoms with Gasteiger partial charge in [0.05, 0.1) is 10.4 Å². The molecule has 5 heteroatoms. The van der Waals surface area contributed by atoms with Gasteiger partial charge in [-0.2, -0.15) is 0 Å². The van der Waals surface area contributed by atoms with E-state index < -0.39 is 0 Å². The second-order valence-electron chi connectivity index (χ2n) is 3.14. The SMILES string of the molecule is ClCc1cc(OCc2cncs2)ccc1Br. The van der Waals surface area contributed by atoms with Gasteiger partial charge < -0.3 is 4.74 Å². The largest absolute Gasteiger partial charge is 0.488 e. The maximum Gasteiger partial charge on any atom is 0.124 e. The number of aromatic nitrogens is 1. The molecule has 0 saturated heterocycles. The first kappa shape index (κ1) is 11.9. The van der Waals surface area contributed by atoms with E-state index in [0.29, 0.717) is 12.5 Å². The van der Waals surface area contributed by atoms with Crippen LogP contribution in [0.25, 0.3) is 0 Å². The molecule has 1 aromatic heterocycles. The molecule has 0 aliphatic rings. The molecule has 0 saturated carbocycles. The van der Waals surface area contributed by atoms with Crippen LogP contribution in [0.2, 0.25) is 0 Å². The third kappa shape index (κ3) is 2.97. The quantitative estimate of drug-likeness (QED) is 0.787. The summed E-state index contributed by atoms with van der Waals surface area (Å²) in [5, 5.41) is 0. The fraction of sp³-hybridized carbons (Fsp3) is 0.182. The topological polar surface area (TPSA) is 22.1 Å². The second kappa shape index (κ2) is 5.66. The zero-order valence-electron chi connectivity index (χ0n) is 8.32. The van der Waals surface area contributed by atoms with Gasteiger partial charge in [-0.3, -0.25) is 4.98 Å². The van der Waals surface area contributed by atoms with E-state index >= 15 is 0 Å². The van der Waals surface area contributed by atoms with Crippen LogP contribution in [-0.2, 0) is 12.5 Å². The minimum Gasteiger partial charge on any atom is -0.488 e. The minimum absolute atomic E-state index is 0.471. The van der Waals surface area contributed by atoms with Crippen molar-refractivity contribution in [2.24, 2.45) is 0 Å². The normalized spacial score (nSPS) is 10.4. The van der Waals surface area contributed by atoms with Crippen LogP contribution in [0.1, 0.15) is 10.4 Å². The predicted molar refractivity (Wildman–Crippen MR) is 70.1 cm³/mol. The molecule has 0 bridgehead atoms. The van der Waals surface area contributed by atoms with Gasteiger partial charge in [-0.15, -0.1) is 22.9 Å². The van der Waals surface area contributed by atoms with Gasteiger partial charge in [0.1, 0.15) is 12.4 Å². The summed E-state index contributed by atoms with van der Waals surface area (Å²) < 4.78 is 6.65. The molecular weight excluding hydrogens is 310 g/mol. The Labute approximate surface area is 111 Å². The molecule has 0 aliphatic heterocycles. The Hall–Kier alpha value is -0.580. The van der Waals surface area contributed by atoms with E-state index in [-0.39, 0.29) is 0 Å². The highest BCUT2D eigenvalue weighted by Gasteiger charge is 2.02. The maximum atomic E-state index is 5.81. The summed E-state index contributed by atoms with van der Waals surface area (Å²) in [7, 11) is 0. The Morgan fingerprint density at radius 1 is 1.44 bits per heavy atom. The lowest BCUT2D eigenvalue weighted by Crippen LogP contribution is -1.93. The van der Waals surface area contributed by atoms with Crippen molar-refractivity contribution in [3.05, 3.63) is 44.8 Å². The van der Waals surface area contributed by atoms with Gasteiger partial charge in [-0.1, -0.05) is 15.9 Å². The summed E-state index contributed by atoms with van der Waals surface area (Å²) in [5.41, 5.74) is 2.83. The van der Waals surface area contributed by atoms with Gasteiger partial charge in [0.15, 0.2) is 0 Å². The Kier molecular flexibility index (Phi) is 4.21. The third-order valence-electron chi connectivity index (χ3n) is 2.03. The molecule has 84 valence electrons. The first-order valence-corrected chi connectivity index (χ1v) is 6.85. The van der Waals surface area contributed by atoms with Gasteiger partial charge in [-0.05, 0) is 23.8 Å². The molecule has 0 N–H and O–H groups in total. The zero-order valence-corrected chi connectivity index (χ0v) is 11.5. The van der Waals surface area contributed by atoms with E-state index in [1.54, 1.807) is 16.8 Å². The number of nitrogens with zero attached hydrogens (tertiary/aromatic N) is 1. The van der Waals surface area contributed by atoms with Crippen molar-refractivity contribution in [3.63, 3.8) is 0 Å². The number of hydrogen-bond acceptors (Lipinski definition) is 3. The molecule has 16 heavy (non-hydrogen) atoms. The number of benzene rings is 1. The van der Waals surface area contributed by atoms with E-state index in [1.807, 2.05) is 24.4 Å². The van der Waals surface area contributed by atoms with Crippen LogP contribution < -0.4 is 4.74 Å². The van der Waals surface area contributed by atoms with E-state index in [0.717, 1.165) is 20.7 Å². The van der Waals surface area contributed by atoms with Crippen LogP contribution in [0.4, 0.5) is 0 Å². The van der Waals surface area contributed by atoms with Crippen molar-refractivity contribution in [2.45, 2.75) is 12.5 Å². The smallest absolute Gasteiger partial charge is 0.124 e. The molecule has 0 fully saturated rings. The summed E-state index contributed by atoms with van der Waals surface area (Å²) in [4.78, 5) is 5.10. The Bertz CT molecular complexity index is 461. The number of hydrogen-bond donors (Lipinski definition) is 0. The summed E-state index contributed by atoms with van der Waals surface area (Å²) in [5.74, 6) is 1.30. The highest BCUT2D eigenvalue weighted by Crippen LogP contribution is 2.24. The van der Waals surface area contributed by atoms with Crippen molar-refractivity contribution in [1.82, 2.24) is 4.98 Å². The Balaban J connectivity index is 2.04. The molecule has 0 atom stereocenters. The van der Waals surface area contributed by atoms with Crippen LogP contribution in [0.3, 0.4) is 0 Å². The van der Waals surface area contributed by atoms with E-state index in [1.165, 1.54) is 0 Å². The fourth-order valence-electron chi connectivity index (χ4n) is 1.21. The zero-order chi connectivity index (χ0) is 11.4. The molecule has 2 nitrogen and oxygen atoms in total. The van der Waals surface area contributed by atoms with E-state index in [4.69, 9.17) is 16.3 Å². The molecule has 0 aliphatic carbocycles. The van der Waals surface area contributed by atoms with Crippen LogP contribution in [0, 0.1) is 0 Å².